The number of halogens is 1. The Morgan fingerprint density at radius 2 is 1.89 bits per heavy atom. The number of hydrogen-bond donors (Lipinski definition) is 1. The van der Waals surface area contributed by atoms with Crippen LogP contribution in [0.2, 0.25) is 0 Å². The van der Waals surface area contributed by atoms with Crippen molar-refractivity contribution in [3.8, 4) is 0 Å². The van der Waals surface area contributed by atoms with Gasteiger partial charge in [0.15, 0.2) is 0 Å². The van der Waals surface area contributed by atoms with E-state index in [0.29, 0.717) is 6.42 Å². The number of amides is 1. The molecule has 1 rings (SSSR count). The number of carbonyl (C=O) groups excluding carboxylic acids is 1. The third-order valence-corrected chi connectivity index (χ3v) is 3.29. The van der Waals surface area contributed by atoms with E-state index in [1.54, 1.807) is 12.1 Å². The standard InChI is InChI=1S/C12H16FNO3S/c1-18(16,17)9-8-14-12(15)7-4-10-2-5-11(13)6-3-10/h2-3,5-6H,4,7-9H2,1H3,(H,14,15). The summed E-state index contributed by atoms with van der Waals surface area (Å²) in [5.74, 6) is -0.575. The predicted octanol–water partition coefficient (Wildman–Crippen LogP) is 0.919. The predicted molar refractivity (Wildman–Crippen MR) is 67.4 cm³/mol. The zero-order valence-corrected chi connectivity index (χ0v) is 11.0. The fourth-order valence-electron chi connectivity index (χ4n) is 1.37. The number of benzene rings is 1. The zero-order valence-electron chi connectivity index (χ0n) is 10.1. The maximum absolute atomic E-state index is 12.6. The first-order valence-electron chi connectivity index (χ1n) is 5.56. The second kappa shape index (κ2) is 6.49. The average Bonchev–Trinajstić information content (AvgIpc) is 2.26. The van der Waals surface area contributed by atoms with Gasteiger partial charge in [0.1, 0.15) is 15.7 Å². The molecule has 0 fully saturated rings. The molecule has 1 N–H and O–H groups in total. The lowest BCUT2D eigenvalue weighted by atomic mass is 10.1. The quantitative estimate of drug-likeness (QED) is 0.838. The van der Waals surface area contributed by atoms with Crippen molar-refractivity contribution < 1.29 is 17.6 Å². The van der Waals surface area contributed by atoms with E-state index in [9.17, 15) is 17.6 Å². The molecule has 1 aromatic rings. The van der Waals surface area contributed by atoms with Crippen LogP contribution in [0.15, 0.2) is 24.3 Å². The Kier molecular flexibility index (Phi) is 5.27. The van der Waals surface area contributed by atoms with Crippen LogP contribution in [0.1, 0.15) is 12.0 Å². The number of rotatable bonds is 6. The molecule has 0 aliphatic heterocycles. The van der Waals surface area contributed by atoms with Crippen molar-refractivity contribution in [2.24, 2.45) is 0 Å². The summed E-state index contributed by atoms with van der Waals surface area (Å²) in [4.78, 5) is 11.4. The van der Waals surface area contributed by atoms with Crippen molar-refractivity contribution >= 4 is 15.7 Å². The molecule has 100 valence electrons. The number of hydrogen-bond acceptors (Lipinski definition) is 3. The van der Waals surface area contributed by atoms with Gasteiger partial charge in [-0.05, 0) is 24.1 Å². The van der Waals surface area contributed by atoms with Gasteiger partial charge in [-0.2, -0.15) is 0 Å². The van der Waals surface area contributed by atoms with E-state index >= 15 is 0 Å². The number of nitrogens with one attached hydrogen (secondary N) is 1. The molecule has 0 aliphatic carbocycles. The van der Waals surface area contributed by atoms with E-state index in [-0.39, 0.29) is 30.4 Å². The Labute approximate surface area is 106 Å². The van der Waals surface area contributed by atoms with Crippen LogP contribution in [0.5, 0.6) is 0 Å². The first-order valence-corrected chi connectivity index (χ1v) is 7.62. The lowest BCUT2D eigenvalue weighted by Crippen LogP contribution is -2.28. The molecule has 0 heterocycles. The molecule has 6 heteroatoms. The van der Waals surface area contributed by atoms with Crippen molar-refractivity contribution in [3.05, 3.63) is 35.6 Å². The minimum absolute atomic E-state index is 0.0602. The molecule has 0 aromatic heterocycles. The summed E-state index contributed by atoms with van der Waals surface area (Å²) in [7, 11) is -3.05. The molecule has 0 atom stereocenters. The maximum atomic E-state index is 12.6. The molecule has 0 saturated carbocycles. The molecule has 1 aromatic carbocycles. The Balaban J connectivity index is 2.27. The van der Waals surface area contributed by atoms with Crippen molar-refractivity contribution in [2.45, 2.75) is 12.8 Å². The number of carbonyl (C=O) groups is 1. The van der Waals surface area contributed by atoms with Crippen molar-refractivity contribution in [3.63, 3.8) is 0 Å². The third kappa shape index (κ3) is 6.34. The van der Waals surface area contributed by atoms with E-state index in [2.05, 4.69) is 5.32 Å². The Morgan fingerprint density at radius 1 is 1.28 bits per heavy atom. The molecule has 18 heavy (non-hydrogen) atoms. The van der Waals surface area contributed by atoms with Crippen molar-refractivity contribution in [1.82, 2.24) is 5.32 Å². The van der Waals surface area contributed by atoms with Gasteiger partial charge in [0.05, 0.1) is 5.75 Å². The number of sulfone groups is 1. The van der Waals surface area contributed by atoms with Gasteiger partial charge in [-0.1, -0.05) is 12.1 Å². The van der Waals surface area contributed by atoms with Crippen LogP contribution in [0.3, 0.4) is 0 Å². The fourth-order valence-corrected chi connectivity index (χ4v) is 1.85. The molecular formula is C12H16FNO3S. The monoisotopic (exact) mass is 273 g/mol. The molecule has 0 unspecified atom stereocenters. The van der Waals surface area contributed by atoms with Crippen LogP contribution in [-0.2, 0) is 21.1 Å². The highest BCUT2D eigenvalue weighted by Crippen LogP contribution is 2.05. The van der Waals surface area contributed by atoms with Crippen molar-refractivity contribution in [1.29, 1.82) is 0 Å². The highest BCUT2D eigenvalue weighted by atomic mass is 32.2. The summed E-state index contributed by atoms with van der Waals surface area (Å²) in [6.07, 6.45) is 1.89. The summed E-state index contributed by atoms with van der Waals surface area (Å²) >= 11 is 0. The number of aryl methyl sites for hydroxylation is 1. The Hall–Kier alpha value is -1.43. The highest BCUT2D eigenvalue weighted by Gasteiger charge is 2.05. The molecule has 0 radical (unpaired) electrons. The lowest BCUT2D eigenvalue weighted by Gasteiger charge is -2.04. The highest BCUT2D eigenvalue weighted by molar-refractivity contribution is 7.90. The van der Waals surface area contributed by atoms with Gasteiger partial charge >= 0.3 is 0 Å². The van der Waals surface area contributed by atoms with E-state index in [0.717, 1.165) is 11.8 Å². The topological polar surface area (TPSA) is 63.2 Å². The molecule has 0 aliphatic rings. The molecular weight excluding hydrogens is 257 g/mol. The minimum atomic E-state index is -3.05. The van der Waals surface area contributed by atoms with E-state index in [4.69, 9.17) is 0 Å². The van der Waals surface area contributed by atoms with Crippen LogP contribution in [0.25, 0.3) is 0 Å². The van der Waals surface area contributed by atoms with Crippen LogP contribution >= 0.6 is 0 Å². The SMILES string of the molecule is CS(=O)(=O)CCNC(=O)CCc1ccc(F)cc1. The first-order chi connectivity index (χ1) is 8.37. The van der Waals surface area contributed by atoms with Gasteiger partial charge in [0.25, 0.3) is 0 Å². The normalized spacial score (nSPS) is 11.2. The lowest BCUT2D eigenvalue weighted by molar-refractivity contribution is -0.120. The van der Waals surface area contributed by atoms with E-state index in [1.807, 2.05) is 0 Å². The van der Waals surface area contributed by atoms with Crippen LogP contribution < -0.4 is 5.32 Å². The summed E-state index contributed by atoms with van der Waals surface area (Å²) in [6.45, 7) is 0.126. The minimum Gasteiger partial charge on any atom is -0.355 e. The van der Waals surface area contributed by atoms with E-state index < -0.39 is 9.84 Å². The maximum Gasteiger partial charge on any atom is 0.220 e. The van der Waals surface area contributed by atoms with E-state index in [1.165, 1.54) is 12.1 Å². The van der Waals surface area contributed by atoms with Gasteiger partial charge in [-0.3, -0.25) is 4.79 Å². The summed E-state index contributed by atoms with van der Waals surface area (Å²) in [5, 5.41) is 2.53. The van der Waals surface area contributed by atoms with Gasteiger partial charge in [-0.15, -0.1) is 0 Å². The molecule has 4 nitrogen and oxygen atoms in total. The first kappa shape index (κ1) is 14.6. The van der Waals surface area contributed by atoms with Gasteiger partial charge in [0, 0.05) is 19.2 Å². The van der Waals surface area contributed by atoms with Gasteiger partial charge in [0.2, 0.25) is 5.91 Å². The zero-order chi connectivity index (χ0) is 13.6. The Morgan fingerprint density at radius 3 is 2.44 bits per heavy atom. The summed E-state index contributed by atoms with van der Waals surface area (Å²) < 4.78 is 34.3. The van der Waals surface area contributed by atoms with Crippen molar-refractivity contribution in [2.75, 3.05) is 18.6 Å². The molecule has 0 bridgehead atoms. The molecule has 0 saturated heterocycles. The average molecular weight is 273 g/mol. The van der Waals surface area contributed by atoms with Crippen LogP contribution in [0.4, 0.5) is 4.39 Å². The summed E-state index contributed by atoms with van der Waals surface area (Å²) in [5.41, 5.74) is 0.870. The third-order valence-electron chi connectivity index (χ3n) is 2.35. The fraction of sp³-hybridized carbons (Fsp3) is 0.417. The second-order valence-electron chi connectivity index (χ2n) is 4.11. The molecule has 0 spiro atoms. The largest absolute Gasteiger partial charge is 0.355 e. The second-order valence-corrected chi connectivity index (χ2v) is 6.37. The molecule has 1 amide bonds. The van der Waals surface area contributed by atoms with Gasteiger partial charge < -0.3 is 5.32 Å². The van der Waals surface area contributed by atoms with Crippen LogP contribution in [0, 0.1) is 5.82 Å². The van der Waals surface area contributed by atoms with Crippen LogP contribution in [-0.4, -0.2) is 32.9 Å². The Bertz CT molecular complexity index is 497. The summed E-state index contributed by atoms with van der Waals surface area (Å²) in [6, 6.07) is 5.94. The smallest absolute Gasteiger partial charge is 0.220 e. The van der Waals surface area contributed by atoms with Gasteiger partial charge in [-0.25, -0.2) is 12.8 Å².